The third-order valence-corrected chi connectivity index (χ3v) is 2.58. The molecule has 20 heavy (non-hydrogen) atoms. The molecule has 0 rings (SSSR count). The van der Waals surface area contributed by atoms with E-state index in [4.69, 9.17) is 89.9 Å². The summed E-state index contributed by atoms with van der Waals surface area (Å²) in [6.45, 7) is 0.143. The van der Waals surface area contributed by atoms with E-state index in [1.165, 1.54) is 0 Å². The number of halogens is 6. The molecule has 0 radical (unpaired) electrons. The molecule has 0 aromatic rings. The Hall–Kier alpha value is 0.160. The molecule has 0 heterocycles. The van der Waals surface area contributed by atoms with Crippen LogP contribution in [0, 0.1) is 10.8 Å². The van der Waals surface area contributed by atoms with Gasteiger partial charge in [-0.3, -0.25) is 10.8 Å². The summed E-state index contributed by atoms with van der Waals surface area (Å²) in [6, 6.07) is 0. The third kappa shape index (κ3) is 9.97. The van der Waals surface area contributed by atoms with Crippen molar-refractivity contribution in [2.75, 3.05) is 13.2 Å². The Morgan fingerprint density at radius 1 is 0.750 bits per heavy atom. The Labute approximate surface area is 146 Å². The molecule has 4 nitrogen and oxygen atoms in total. The van der Waals surface area contributed by atoms with Gasteiger partial charge in [0, 0.05) is 0 Å². The molecule has 0 aliphatic rings. The molecule has 0 unspecified atom stereocenters. The lowest BCUT2D eigenvalue weighted by atomic mass is 10.4. The molecule has 10 heteroatoms. The van der Waals surface area contributed by atoms with Crippen molar-refractivity contribution in [3.05, 3.63) is 24.3 Å². The van der Waals surface area contributed by atoms with E-state index < -0.39 is 19.4 Å². The fourth-order valence-electron chi connectivity index (χ4n) is 0.695. The number of ether oxygens (including phenoxy) is 2. The quantitative estimate of drug-likeness (QED) is 0.299. The standard InChI is InChI=1S/C10H10Cl6N2O2/c11-9(12,13)7(17)19-5-3-1-2-4-6-20-8(18)10(14,15)16/h1-4,17-18H,5-6H2/b3-1+,4-2+,17-7?,18-8?. The maximum absolute atomic E-state index is 7.24. The van der Waals surface area contributed by atoms with Crippen LogP contribution in [-0.2, 0) is 9.47 Å². The van der Waals surface area contributed by atoms with E-state index in [1.54, 1.807) is 24.3 Å². The SMILES string of the molecule is N=C(OC/C=C/C=C/COC(=N)C(Cl)(Cl)Cl)C(Cl)(Cl)Cl. The van der Waals surface area contributed by atoms with Crippen molar-refractivity contribution < 1.29 is 9.47 Å². The molecule has 0 bridgehead atoms. The molecule has 0 aromatic heterocycles. The van der Waals surface area contributed by atoms with Crippen LogP contribution in [0.1, 0.15) is 0 Å². The van der Waals surface area contributed by atoms with E-state index >= 15 is 0 Å². The zero-order valence-electron chi connectivity index (χ0n) is 9.81. The van der Waals surface area contributed by atoms with Crippen LogP contribution in [0.2, 0.25) is 0 Å². The Balaban J connectivity index is 3.84. The minimum absolute atomic E-state index is 0.0713. The van der Waals surface area contributed by atoms with Crippen LogP contribution in [-0.4, -0.2) is 32.6 Å². The lowest BCUT2D eigenvalue weighted by Gasteiger charge is -2.11. The molecule has 0 aromatic carbocycles. The van der Waals surface area contributed by atoms with Gasteiger partial charge in [0.2, 0.25) is 11.8 Å². The Morgan fingerprint density at radius 3 is 1.30 bits per heavy atom. The molecule has 0 saturated heterocycles. The average molecular weight is 403 g/mol. The average Bonchev–Trinajstić information content (AvgIpc) is 2.29. The van der Waals surface area contributed by atoms with E-state index in [0.29, 0.717) is 0 Å². The summed E-state index contributed by atoms with van der Waals surface area (Å²) in [5, 5.41) is 14.5. The van der Waals surface area contributed by atoms with Crippen LogP contribution < -0.4 is 0 Å². The Kier molecular flexibility index (Phi) is 9.31. The van der Waals surface area contributed by atoms with Crippen LogP contribution in [0.4, 0.5) is 0 Å². The first kappa shape index (κ1) is 20.2. The first-order chi connectivity index (χ1) is 9.05. The zero-order chi connectivity index (χ0) is 15.8. The van der Waals surface area contributed by atoms with E-state index in [9.17, 15) is 0 Å². The summed E-state index contributed by atoms with van der Waals surface area (Å²) in [5.41, 5.74) is 0. The predicted molar refractivity (Wildman–Crippen MR) is 86.2 cm³/mol. The molecular formula is C10H10Cl6N2O2. The highest BCUT2D eigenvalue weighted by Gasteiger charge is 2.28. The number of alkyl halides is 6. The van der Waals surface area contributed by atoms with Crippen molar-refractivity contribution in [3.8, 4) is 0 Å². The van der Waals surface area contributed by atoms with E-state index in [0.717, 1.165) is 0 Å². The first-order valence-corrected chi connectivity index (χ1v) is 7.20. The molecule has 0 spiro atoms. The largest absolute Gasteiger partial charge is 0.474 e. The van der Waals surface area contributed by atoms with Crippen LogP contribution >= 0.6 is 69.6 Å². The van der Waals surface area contributed by atoms with Gasteiger partial charge in [-0.15, -0.1) is 0 Å². The number of allylic oxidation sites excluding steroid dienone is 2. The minimum Gasteiger partial charge on any atom is -0.474 e. The van der Waals surface area contributed by atoms with Crippen molar-refractivity contribution >= 4 is 81.4 Å². The van der Waals surface area contributed by atoms with Crippen molar-refractivity contribution in [1.29, 1.82) is 10.8 Å². The summed E-state index contributed by atoms with van der Waals surface area (Å²) in [5.74, 6) is -0.925. The lowest BCUT2D eigenvalue weighted by molar-refractivity contribution is 0.339. The van der Waals surface area contributed by atoms with Crippen molar-refractivity contribution in [2.45, 2.75) is 7.59 Å². The van der Waals surface area contributed by atoms with Gasteiger partial charge >= 0.3 is 0 Å². The highest BCUT2D eigenvalue weighted by atomic mass is 35.6. The molecule has 2 N–H and O–H groups in total. The molecule has 0 aliphatic carbocycles. The normalized spacial score (nSPS) is 12.9. The summed E-state index contributed by atoms with van der Waals surface area (Å²) in [6.07, 6.45) is 6.41. The maximum Gasteiger partial charge on any atom is 0.265 e. The van der Waals surface area contributed by atoms with Gasteiger partial charge in [0.1, 0.15) is 13.2 Å². The summed E-state index contributed by atoms with van der Waals surface area (Å²) in [7, 11) is 0. The molecular weight excluding hydrogens is 393 g/mol. The molecule has 0 atom stereocenters. The topological polar surface area (TPSA) is 66.2 Å². The summed E-state index contributed by atoms with van der Waals surface area (Å²) in [4.78, 5) is 0. The van der Waals surface area contributed by atoms with Gasteiger partial charge in [0.25, 0.3) is 7.59 Å². The fraction of sp³-hybridized carbons (Fsp3) is 0.400. The second-order valence-corrected chi connectivity index (χ2v) is 7.69. The lowest BCUT2D eigenvalue weighted by Crippen LogP contribution is -2.21. The number of nitrogens with one attached hydrogen (secondary N) is 2. The van der Waals surface area contributed by atoms with Gasteiger partial charge in [0.15, 0.2) is 0 Å². The van der Waals surface area contributed by atoms with Crippen molar-refractivity contribution in [3.63, 3.8) is 0 Å². The smallest absolute Gasteiger partial charge is 0.265 e. The maximum atomic E-state index is 7.24. The second-order valence-electron chi connectivity index (χ2n) is 3.13. The van der Waals surface area contributed by atoms with Crippen molar-refractivity contribution in [2.24, 2.45) is 0 Å². The predicted octanol–water partition coefficient (Wildman–Crippen LogP) is 4.83. The van der Waals surface area contributed by atoms with E-state index in [-0.39, 0.29) is 13.2 Å². The van der Waals surface area contributed by atoms with Gasteiger partial charge in [-0.05, 0) is 12.2 Å². The number of hydrogen-bond acceptors (Lipinski definition) is 4. The van der Waals surface area contributed by atoms with Gasteiger partial charge in [-0.25, -0.2) is 0 Å². The zero-order valence-corrected chi connectivity index (χ0v) is 14.3. The van der Waals surface area contributed by atoms with Gasteiger partial charge in [-0.1, -0.05) is 81.8 Å². The Morgan fingerprint density at radius 2 is 1.05 bits per heavy atom. The van der Waals surface area contributed by atoms with Crippen molar-refractivity contribution in [1.82, 2.24) is 0 Å². The van der Waals surface area contributed by atoms with E-state index in [1.807, 2.05) is 0 Å². The first-order valence-electron chi connectivity index (χ1n) is 4.94. The monoisotopic (exact) mass is 400 g/mol. The third-order valence-electron chi connectivity index (χ3n) is 1.55. The minimum atomic E-state index is -1.87. The van der Waals surface area contributed by atoms with E-state index in [2.05, 4.69) is 0 Å². The molecule has 0 aliphatic heterocycles. The highest BCUT2D eigenvalue weighted by Crippen LogP contribution is 2.28. The summed E-state index contributed by atoms with van der Waals surface area (Å²) >= 11 is 32.4. The molecule has 0 saturated carbocycles. The second kappa shape index (κ2) is 9.23. The number of rotatable bonds is 5. The summed E-state index contributed by atoms with van der Waals surface area (Å²) < 4.78 is 5.96. The molecule has 0 fully saturated rings. The molecule has 114 valence electrons. The van der Waals surface area contributed by atoms with Crippen LogP contribution in [0.5, 0.6) is 0 Å². The van der Waals surface area contributed by atoms with Crippen LogP contribution in [0.25, 0.3) is 0 Å². The van der Waals surface area contributed by atoms with Gasteiger partial charge < -0.3 is 9.47 Å². The fourth-order valence-corrected chi connectivity index (χ4v) is 1.02. The Bertz CT molecular complexity index is 360. The number of hydrogen-bond donors (Lipinski definition) is 2. The molecule has 0 amide bonds. The van der Waals surface area contributed by atoms with Gasteiger partial charge in [0.05, 0.1) is 0 Å². The van der Waals surface area contributed by atoms with Crippen LogP contribution in [0.3, 0.4) is 0 Å². The van der Waals surface area contributed by atoms with Gasteiger partial charge in [-0.2, -0.15) is 0 Å². The highest BCUT2D eigenvalue weighted by molar-refractivity contribution is 6.76. The van der Waals surface area contributed by atoms with Crippen LogP contribution in [0.15, 0.2) is 24.3 Å².